The Bertz CT molecular complexity index is 1560. The van der Waals surface area contributed by atoms with E-state index in [0.29, 0.717) is 49.0 Å². The van der Waals surface area contributed by atoms with Crippen LogP contribution in [0.3, 0.4) is 0 Å². The van der Waals surface area contributed by atoms with Gasteiger partial charge < -0.3 is 14.2 Å². The number of nitro benzene ring substituents is 1. The molecule has 1 aliphatic heterocycles. The first-order valence-corrected chi connectivity index (χ1v) is 12.0. The normalized spacial score (nSPS) is 12.9. The van der Waals surface area contributed by atoms with Crippen LogP contribution < -0.4 is 19.0 Å². The van der Waals surface area contributed by atoms with Gasteiger partial charge in [-0.3, -0.25) is 10.1 Å². The summed E-state index contributed by atoms with van der Waals surface area (Å²) in [6.45, 7) is -0.00529. The molecule has 0 radical (unpaired) electrons. The van der Waals surface area contributed by atoms with Crippen molar-refractivity contribution >= 4 is 52.1 Å². The lowest BCUT2D eigenvalue weighted by atomic mass is 10.1. The number of methoxy groups -OCH3 is 1. The molecule has 0 saturated carbocycles. The molecular weight excluding hydrogens is 527 g/mol. The van der Waals surface area contributed by atoms with E-state index in [4.69, 9.17) is 42.4 Å². The first-order chi connectivity index (χ1) is 17.4. The van der Waals surface area contributed by atoms with Gasteiger partial charge in [-0.2, -0.15) is 5.10 Å². The van der Waals surface area contributed by atoms with E-state index in [1.807, 2.05) is 5.38 Å². The number of rotatable bonds is 6. The van der Waals surface area contributed by atoms with Crippen molar-refractivity contribution in [3.8, 4) is 28.5 Å². The first kappa shape index (κ1) is 23.9. The summed E-state index contributed by atoms with van der Waals surface area (Å²) >= 11 is 14.0. The minimum absolute atomic E-state index is 0.00529. The van der Waals surface area contributed by atoms with Crippen LogP contribution in [0.2, 0.25) is 10.0 Å². The molecule has 0 unspecified atom stereocenters. The van der Waals surface area contributed by atoms with E-state index in [2.05, 4.69) is 5.10 Å². The predicted molar refractivity (Wildman–Crippen MR) is 138 cm³/mol. The number of fused-ring (bicyclic) bond motifs is 1. The fraction of sp³-hybridized carbons (Fsp3) is 0.0833. The van der Waals surface area contributed by atoms with Gasteiger partial charge in [-0.05, 0) is 48.5 Å². The summed E-state index contributed by atoms with van der Waals surface area (Å²) in [5.41, 5.74) is 1.98. The molecule has 12 heteroatoms. The van der Waals surface area contributed by atoms with Gasteiger partial charge in [0.15, 0.2) is 11.5 Å². The van der Waals surface area contributed by atoms with E-state index in [-0.39, 0.29) is 18.0 Å². The topological polar surface area (TPSA) is 100 Å². The average molecular weight is 543 g/mol. The molecule has 0 fully saturated rings. The Kier molecular flexibility index (Phi) is 6.64. The molecule has 3 aromatic carbocycles. The second-order valence-corrected chi connectivity index (χ2v) is 9.10. The van der Waals surface area contributed by atoms with Gasteiger partial charge in [0.1, 0.15) is 5.75 Å². The first-order valence-electron chi connectivity index (χ1n) is 10.4. The van der Waals surface area contributed by atoms with Gasteiger partial charge in [0, 0.05) is 16.0 Å². The summed E-state index contributed by atoms with van der Waals surface area (Å²) in [7, 11) is 1.59. The molecule has 2 heterocycles. The maximum absolute atomic E-state index is 11.7. The lowest BCUT2D eigenvalue weighted by Gasteiger charge is -2.07. The number of ether oxygens (including phenoxy) is 3. The average Bonchev–Trinajstić information content (AvgIpc) is 3.50. The van der Waals surface area contributed by atoms with Gasteiger partial charge in [0.05, 0.1) is 46.3 Å². The smallest absolute Gasteiger partial charge is 0.282 e. The van der Waals surface area contributed by atoms with Crippen molar-refractivity contribution in [2.45, 2.75) is 0 Å². The quantitative estimate of drug-likeness (QED) is 0.162. The summed E-state index contributed by atoms with van der Waals surface area (Å²) in [5, 5.41) is 19.1. The fourth-order valence-electron chi connectivity index (χ4n) is 3.46. The van der Waals surface area contributed by atoms with Crippen LogP contribution in [0.25, 0.3) is 11.3 Å². The molecule has 1 aromatic heterocycles. The number of nitro groups is 1. The number of hydrogen-bond acceptors (Lipinski definition) is 8. The standard InChI is InChI=1S/C24H16Cl2N4O5S/c1-33-17-5-3-16(4-6-17)28-24-29(21(12-36-24)18-9-15(25)2-7-19(18)26)27-11-14-8-22-23(35-13-34-22)10-20(14)30(31)32/h2-12H,13H2,1H3. The van der Waals surface area contributed by atoms with Gasteiger partial charge in [0.25, 0.3) is 5.69 Å². The zero-order valence-electron chi connectivity index (χ0n) is 18.6. The summed E-state index contributed by atoms with van der Waals surface area (Å²) < 4.78 is 17.4. The van der Waals surface area contributed by atoms with Crippen molar-refractivity contribution in [1.29, 1.82) is 0 Å². The third kappa shape index (κ3) is 4.78. The highest BCUT2D eigenvalue weighted by Gasteiger charge is 2.23. The molecular formula is C24H16Cl2N4O5S. The molecule has 9 nitrogen and oxygen atoms in total. The van der Waals surface area contributed by atoms with E-state index in [0.717, 1.165) is 0 Å². The molecule has 36 heavy (non-hydrogen) atoms. The van der Waals surface area contributed by atoms with Gasteiger partial charge in [-0.15, -0.1) is 11.3 Å². The van der Waals surface area contributed by atoms with Crippen molar-refractivity contribution in [3.05, 3.63) is 90.5 Å². The number of aromatic nitrogens is 1. The van der Waals surface area contributed by atoms with Crippen LogP contribution in [0, 0.1) is 10.1 Å². The molecule has 0 atom stereocenters. The Labute approximate surface area is 218 Å². The van der Waals surface area contributed by atoms with Crippen LogP contribution in [0.15, 0.2) is 70.1 Å². The summed E-state index contributed by atoms with van der Waals surface area (Å²) in [4.78, 5) is 16.4. The van der Waals surface area contributed by atoms with Crippen LogP contribution in [-0.4, -0.2) is 29.7 Å². The SMILES string of the molecule is COc1ccc(N=c2scc(-c3cc(Cl)ccc3Cl)n2N=Cc2cc3c(cc2[N+](=O)[O-])OCO3)cc1. The van der Waals surface area contributed by atoms with Crippen molar-refractivity contribution in [3.63, 3.8) is 0 Å². The van der Waals surface area contributed by atoms with E-state index in [9.17, 15) is 10.1 Å². The van der Waals surface area contributed by atoms with E-state index < -0.39 is 4.92 Å². The second kappa shape index (κ2) is 10.0. The number of benzene rings is 3. The molecule has 0 amide bonds. The Morgan fingerprint density at radius 3 is 2.58 bits per heavy atom. The predicted octanol–water partition coefficient (Wildman–Crippen LogP) is 6.28. The van der Waals surface area contributed by atoms with E-state index in [1.54, 1.807) is 54.3 Å². The Morgan fingerprint density at radius 1 is 1.11 bits per heavy atom. The Balaban J connectivity index is 1.66. The Hall–Kier alpha value is -3.86. The number of nitrogens with zero attached hydrogens (tertiary/aromatic N) is 4. The second-order valence-electron chi connectivity index (χ2n) is 7.42. The lowest BCUT2D eigenvalue weighted by molar-refractivity contribution is -0.385. The Morgan fingerprint density at radius 2 is 1.86 bits per heavy atom. The number of hydrogen-bond donors (Lipinski definition) is 0. The highest BCUT2D eigenvalue weighted by Crippen LogP contribution is 2.37. The minimum Gasteiger partial charge on any atom is -0.497 e. The van der Waals surface area contributed by atoms with Crippen LogP contribution in [0.4, 0.5) is 11.4 Å². The van der Waals surface area contributed by atoms with Gasteiger partial charge in [-0.25, -0.2) is 9.67 Å². The molecule has 0 spiro atoms. The number of halogens is 2. The molecule has 0 saturated heterocycles. The molecule has 0 aliphatic carbocycles. The third-order valence-corrected chi connectivity index (χ3v) is 6.60. The molecule has 5 rings (SSSR count). The summed E-state index contributed by atoms with van der Waals surface area (Å²) in [5.74, 6) is 1.41. The van der Waals surface area contributed by atoms with Crippen molar-refractivity contribution < 1.29 is 19.1 Å². The zero-order valence-corrected chi connectivity index (χ0v) is 20.9. The monoisotopic (exact) mass is 542 g/mol. The molecule has 0 N–H and O–H groups in total. The maximum Gasteiger partial charge on any atom is 0.282 e. The van der Waals surface area contributed by atoms with Crippen LogP contribution in [0.5, 0.6) is 17.2 Å². The van der Waals surface area contributed by atoms with Gasteiger partial charge in [-0.1, -0.05) is 23.2 Å². The largest absolute Gasteiger partial charge is 0.497 e. The minimum atomic E-state index is -0.501. The summed E-state index contributed by atoms with van der Waals surface area (Å²) in [6.07, 6.45) is 1.38. The molecule has 4 aromatic rings. The molecule has 0 bridgehead atoms. The maximum atomic E-state index is 11.7. The third-order valence-electron chi connectivity index (χ3n) is 5.22. The van der Waals surface area contributed by atoms with Crippen LogP contribution in [0.1, 0.15) is 5.56 Å². The lowest BCUT2D eigenvalue weighted by Crippen LogP contribution is -2.12. The van der Waals surface area contributed by atoms with Crippen molar-refractivity contribution in [2.75, 3.05) is 13.9 Å². The van der Waals surface area contributed by atoms with Crippen LogP contribution in [-0.2, 0) is 0 Å². The summed E-state index contributed by atoms with van der Waals surface area (Å²) in [6, 6.07) is 15.1. The van der Waals surface area contributed by atoms with Crippen LogP contribution >= 0.6 is 34.5 Å². The van der Waals surface area contributed by atoms with Gasteiger partial charge >= 0.3 is 0 Å². The van der Waals surface area contributed by atoms with Crippen molar-refractivity contribution in [1.82, 2.24) is 4.68 Å². The van der Waals surface area contributed by atoms with E-state index in [1.165, 1.54) is 29.7 Å². The zero-order chi connectivity index (χ0) is 25.2. The van der Waals surface area contributed by atoms with Gasteiger partial charge in [0.2, 0.25) is 11.6 Å². The molecule has 182 valence electrons. The molecule has 1 aliphatic rings. The van der Waals surface area contributed by atoms with E-state index >= 15 is 0 Å². The highest BCUT2D eigenvalue weighted by molar-refractivity contribution is 7.07. The fourth-order valence-corrected chi connectivity index (χ4v) is 4.70. The van der Waals surface area contributed by atoms with Crippen molar-refractivity contribution in [2.24, 2.45) is 10.1 Å². The number of thiazole rings is 1. The highest BCUT2D eigenvalue weighted by atomic mass is 35.5.